The average molecular weight is 248 g/mol. The van der Waals surface area contributed by atoms with Gasteiger partial charge in [-0.3, -0.25) is 9.36 Å². The molecule has 0 saturated heterocycles. The molecule has 0 atom stereocenters. The number of aromatic nitrogens is 1. The molecule has 0 aliphatic heterocycles. The summed E-state index contributed by atoms with van der Waals surface area (Å²) in [7, 11) is 1.64. The molecule has 0 aliphatic carbocycles. The van der Waals surface area contributed by atoms with E-state index in [1.54, 1.807) is 25.2 Å². The van der Waals surface area contributed by atoms with Crippen molar-refractivity contribution in [3.63, 3.8) is 0 Å². The molecule has 18 heavy (non-hydrogen) atoms. The van der Waals surface area contributed by atoms with Crippen molar-refractivity contribution in [2.45, 2.75) is 20.8 Å². The Hall–Kier alpha value is -2.04. The first kappa shape index (κ1) is 12.4. The van der Waals surface area contributed by atoms with Crippen molar-refractivity contribution >= 4 is 22.7 Å². The number of benzene rings is 1. The van der Waals surface area contributed by atoms with Crippen LogP contribution in [0.4, 0.5) is 5.69 Å². The number of nitrogens with one attached hydrogen (secondary N) is 1. The van der Waals surface area contributed by atoms with Crippen LogP contribution in [-0.4, -0.2) is 10.5 Å². The maximum Gasteiger partial charge on any atom is 0.419 e. The molecule has 0 bridgehead atoms. The summed E-state index contributed by atoms with van der Waals surface area (Å²) in [5.74, 6) is -0.496. The second-order valence-corrected chi connectivity index (χ2v) is 5.31. The van der Waals surface area contributed by atoms with Gasteiger partial charge in [-0.05, 0) is 12.1 Å². The van der Waals surface area contributed by atoms with Gasteiger partial charge in [0.2, 0.25) is 5.91 Å². The van der Waals surface area contributed by atoms with Gasteiger partial charge in [0.1, 0.15) is 0 Å². The van der Waals surface area contributed by atoms with E-state index in [2.05, 4.69) is 5.32 Å². The SMILES string of the molecule is Cn1c(=O)oc2cc(NC(=O)C(C)(C)C)ccc21. The lowest BCUT2D eigenvalue weighted by atomic mass is 9.95. The monoisotopic (exact) mass is 248 g/mol. The third-order valence-electron chi connectivity index (χ3n) is 2.73. The van der Waals surface area contributed by atoms with Crippen LogP contribution in [0.5, 0.6) is 0 Å². The fourth-order valence-electron chi connectivity index (χ4n) is 1.53. The molecule has 5 nitrogen and oxygen atoms in total. The van der Waals surface area contributed by atoms with Crippen molar-refractivity contribution in [3.8, 4) is 0 Å². The van der Waals surface area contributed by atoms with Crippen molar-refractivity contribution in [2.24, 2.45) is 12.5 Å². The van der Waals surface area contributed by atoms with Gasteiger partial charge in [0, 0.05) is 24.2 Å². The molecule has 2 aromatic rings. The van der Waals surface area contributed by atoms with Crippen LogP contribution in [0.15, 0.2) is 27.4 Å². The summed E-state index contributed by atoms with van der Waals surface area (Å²) >= 11 is 0. The maximum absolute atomic E-state index is 11.8. The molecule has 0 radical (unpaired) electrons. The molecule has 1 heterocycles. The van der Waals surface area contributed by atoms with Crippen LogP contribution in [0.3, 0.4) is 0 Å². The first-order chi connectivity index (χ1) is 8.29. The van der Waals surface area contributed by atoms with Crippen molar-refractivity contribution in [1.82, 2.24) is 4.57 Å². The van der Waals surface area contributed by atoms with Crippen LogP contribution < -0.4 is 11.1 Å². The molecular formula is C13H16N2O3. The largest absolute Gasteiger partial charge is 0.419 e. The van der Waals surface area contributed by atoms with E-state index in [1.807, 2.05) is 20.8 Å². The zero-order valence-electron chi connectivity index (χ0n) is 10.9. The standard InChI is InChI=1S/C13H16N2O3/c1-13(2,3)11(16)14-8-5-6-9-10(7-8)18-12(17)15(9)4/h5-7H,1-4H3,(H,14,16). The second-order valence-electron chi connectivity index (χ2n) is 5.31. The van der Waals surface area contributed by atoms with E-state index >= 15 is 0 Å². The highest BCUT2D eigenvalue weighted by atomic mass is 16.4. The van der Waals surface area contributed by atoms with Gasteiger partial charge in [0.15, 0.2) is 5.58 Å². The number of oxazole rings is 1. The molecule has 0 saturated carbocycles. The third kappa shape index (κ3) is 2.16. The molecule has 1 aromatic heterocycles. The molecule has 1 amide bonds. The summed E-state index contributed by atoms with van der Waals surface area (Å²) in [5, 5.41) is 2.79. The van der Waals surface area contributed by atoms with Gasteiger partial charge in [-0.15, -0.1) is 0 Å². The predicted octanol–water partition coefficient (Wildman–Crippen LogP) is 2.12. The summed E-state index contributed by atoms with van der Waals surface area (Å²) in [4.78, 5) is 23.2. The number of carbonyl (C=O) groups is 1. The Balaban J connectivity index is 2.37. The number of amides is 1. The van der Waals surface area contributed by atoms with Gasteiger partial charge >= 0.3 is 5.76 Å². The van der Waals surface area contributed by atoms with Gasteiger partial charge in [-0.1, -0.05) is 20.8 Å². The highest BCUT2D eigenvalue weighted by Crippen LogP contribution is 2.21. The predicted molar refractivity (Wildman–Crippen MR) is 69.5 cm³/mol. The smallest absolute Gasteiger partial charge is 0.408 e. The topological polar surface area (TPSA) is 64.2 Å². The lowest BCUT2D eigenvalue weighted by Gasteiger charge is -2.17. The summed E-state index contributed by atoms with van der Waals surface area (Å²) in [6.45, 7) is 5.51. The Bertz CT molecular complexity index is 659. The highest BCUT2D eigenvalue weighted by molar-refractivity contribution is 5.95. The lowest BCUT2D eigenvalue weighted by molar-refractivity contribution is -0.123. The van der Waals surface area contributed by atoms with Crippen LogP contribution in [0.1, 0.15) is 20.8 Å². The third-order valence-corrected chi connectivity index (χ3v) is 2.73. The normalized spacial score (nSPS) is 11.8. The zero-order chi connectivity index (χ0) is 13.5. The number of aryl methyl sites for hydroxylation is 1. The molecule has 96 valence electrons. The average Bonchev–Trinajstić information content (AvgIpc) is 2.53. The van der Waals surface area contributed by atoms with E-state index in [-0.39, 0.29) is 5.91 Å². The maximum atomic E-state index is 11.8. The number of carbonyl (C=O) groups excluding carboxylic acids is 1. The Kier molecular flexibility index (Phi) is 2.77. The summed E-state index contributed by atoms with van der Waals surface area (Å²) in [6.07, 6.45) is 0. The zero-order valence-corrected chi connectivity index (χ0v) is 10.9. The van der Waals surface area contributed by atoms with E-state index in [1.165, 1.54) is 4.57 Å². The number of anilines is 1. The van der Waals surface area contributed by atoms with E-state index in [0.717, 1.165) is 0 Å². The molecular weight excluding hydrogens is 232 g/mol. The molecule has 5 heteroatoms. The number of nitrogens with zero attached hydrogens (tertiary/aromatic N) is 1. The van der Waals surface area contributed by atoms with Gasteiger partial charge in [-0.2, -0.15) is 0 Å². The lowest BCUT2D eigenvalue weighted by Crippen LogP contribution is -2.27. The number of rotatable bonds is 1. The first-order valence-electron chi connectivity index (χ1n) is 5.70. The molecule has 1 aromatic carbocycles. The van der Waals surface area contributed by atoms with Crippen molar-refractivity contribution in [2.75, 3.05) is 5.32 Å². The molecule has 2 rings (SSSR count). The van der Waals surface area contributed by atoms with E-state index in [0.29, 0.717) is 16.8 Å². The van der Waals surface area contributed by atoms with Gasteiger partial charge in [0.05, 0.1) is 5.52 Å². The van der Waals surface area contributed by atoms with E-state index < -0.39 is 11.2 Å². The van der Waals surface area contributed by atoms with Gasteiger partial charge in [0.25, 0.3) is 0 Å². The Morgan fingerprint density at radius 1 is 1.33 bits per heavy atom. The molecule has 1 N–H and O–H groups in total. The number of fused-ring (bicyclic) bond motifs is 1. The minimum atomic E-state index is -0.466. The fourth-order valence-corrected chi connectivity index (χ4v) is 1.53. The highest BCUT2D eigenvalue weighted by Gasteiger charge is 2.21. The van der Waals surface area contributed by atoms with Crippen LogP contribution in [0.2, 0.25) is 0 Å². The molecule has 0 spiro atoms. The van der Waals surface area contributed by atoms with Gasteiger partial charge < -0.3 is 9.73 Å². The first-order valence-corrected chi connectivity index (χ1v) is 5.70. The summed E-state index contributed by atoms with van der Waals surface area (Å²) in [6, 6.07) is 5.15. The van der Waals surface area contributed by atoms with Crippen molar-refractivity contribution in [1.29, 1.82) is 0 Å². The number of hydrogen-bond donors (Lipinski definition) is 1. The minimum absolute atomic E-state index is 0.0832. The van der Waals surface area contributed by atoms with E-state index in [9.17, 15) is 9.59 Å². The summed E-state index contributed by atoms with van der Waals surface area (Å²) < 4.78 is 6.48. The molecule has 0 unspecified atom stereocenters. The molecule has 0 aliphatic rings. The summed E-state index contributed by atoms with van der Waals surface area (Å²) in [5.41, 5.74) is 1.33. The van der Waals surface area contributed by atoms with Crippen LogP contribution in [-0.2, 0) is 11.8 Å². The van der Waals surface area contributed by atoms with E-state index in [4.69, 9.17) is 4.42 Å². The minimum Gasteiger partial charge on any atom is -0.408 e. The number of hydrogen-bond acceptors (Lipinski definition) is 3. The quantitative estimate of drug-likeness (QED) is 0.840. The van der Waals surface area contributed by atoms with Crippen molar-refractivity contribution in [3.05, 3.63) is 28.7 Å². The van der Waals surface area contributed by atoms with Crippen LogP contribution in [0, 0.1) is 5.41 Å². The van der Waals surface area contributed by atoms with Crippen molar-refractivity contribution < 1.29 is 9.21 Å². The van der Waals surface area contributed by atoms with Crippen LogP contribution in [0.25, 0.3) is 11.1 Å². The van der Waals surface area contributed by atoms with Crippen LogP contribution >= 0.6 is 0 Å². The Labute approximate surface area is 104 Å². The van der Waals surface area contributed by atoms with Gasteiger partial charge in [-0.25, -0.2) is 4.79 Å². The second kappa shape index (κ2) is 4.01. The molecule has 0 fully saturated rings. The Morgan fingerprint density at radius 3 is 2.61 bits per heavy atom. The Morgan fingerprint density at radius 2 is 2.00 bits per heavy atom. The fraction of sp³-hybridized carbons (Fsp3) is 0.385.